The molecule has 140 valence electrons. The molecule has 0 aromatic heterocycles. The van der Waals surface area contributed by atoms with Gasteiger partial charge in [-0.15, -0.1) is 0 Å². The molecule has 1 N–H and O–H groups in total. The fourth-order valence-electron chi connectivity index (χ4n) is 2.40. The Kier molecular flexibility index (Phi) is 6.37. The van der Waals surface area contributed by atoms with Crippen LogP contribution < -0.4 is 4.72 Å². The van der Waals surface area contributed by atoms with E-state index in [4.69, 9.17) is 0 Å². The third-order valence-corrected chi connectivity index (χ3v) is 5.40. The van der Waals surface area contributed by atoms with E-state index in [-0.39, 0.29) is 16.4 Å². The maximum atomic E-state index is 13.3. The van der Waals surface area contributed by atoms with Crippen LogP contribution >= 0.6 is 0 Å². The van der Waals surface area contributed by atoms with E-state index in [9.17, 15) is 17.6 Å². The van der Waals surface area contributed by atoms with Crippen LogP contribution in [0.2, 0.25) is 0 Å². The lowest BCUT2D eigenvalue weighted by Crippen LogP contribution is -2.27. The highest BCUT2D eigenvalue weighted by molar-refractivity contribution is 7.92. The molecule has 26 heavy (non-hydrogen) atoms. The number of rotatable bonds is 7. The molecule has 0 atom stereocenters. The quantitative estimate of drug-likeness (QED) is 0.797. The van der Waals surface area contributed by atoms with Gasteiger partial charge in [0.25, 0.3) is 15.9 Å². The number of aryl methyl sites for hydroxylation is 1. The third kappa shape index (κ3) is 4.82. The Morgan fingerprint density at radius 3 is 2.38 bits per heavy atom. The Morgan fingerprint density at radius 1 is 1.15 bits per heavy atom. The number of amides is 1. The molecule has 0 bridgehead atoms. The molecule has 2 aromatic rings. The van der Waals surface area contributed by atoms with Gasteiger partial charge in [0.05, 0.1) is 4.90 Å². The zero-order valence-electron chi connectivity index (χ0n) is 15.1. The zero-order valence-corrected chi connectivity index (χ0v) is 15.9. The number of halogens is 1. The van der Waals surface area contributed by atoms with Gasteiger partial charge in [-0.3, -0.25) is 9.52 Å². The second kappa shape index (κ2) is 8.31. The van der Waals surface area contributed by atoms with Gasteiger partial charge in [0.15, 0.2) is 0 Å². The van der Waals surface area contributed by atoms with Crippen molar-refractivity contribution in [2.45, 2.75) is 31.6 Å². The summed E-state index contributed by atoms with van der Waals surface area (Å²) in [6.45, 7) is 4.24. The van der Waals surface area contributed by atoms with Crippen molar-refractivity contribution in [2.24, 2.45) is 0 Å². The fraction of sp³-hybridized carbons (Fsp3) is 0.316. The lowest BCUT2D eigenvalue weighted by Gasteiger charge is -2.17. The van der Waals surface area contributed by atoms with Crippen LogP contribution in [-0.4, -0.2) is 32.8 Å². The van der Waals surface area contributed by atoms with Crippen LogP contribution in [0.25, 0.3) is 0 Å². The Balaban J connectivity index is 2.13. The van der Waals surface area contributed by atoms with Gasteiger partial charge in [-0.2, -0.15) is 0 Å². The number of nitrogens with zero attached hydrogens (tertiary/aromatic N) is 1. The zero-order chi connectivity index (χ0) is 19.3. The first-order valence-electron chi connectivity index (χ1n) is 8.39. The van der Waals surface area contributed by atoms with Crippen LogP contribution in [0.1, 0.15) is 35.7 Å². The maximum absolute atomic E-state index is 13.3. The standard InChI is InChI=1S/C19H23FN2O3S/c1-4-5-12-22(3)19(23)15-6-8-16(9-7-15)21-26(24,25)17-10-11-18(20)14(2)13-17/h6-11,13,21H,4-5,12H2,1-3H3. The molecule has 5 nitrogen and oxygen atoms in total. The van der Waals surface area contributed by atoms with E-state index in [1.807, 2.05) is 0 Å². The molecule has 0 unspecified atom stereocenters. The van der Waals surface area contributed by atoms with Gasteiger partial charge in [0.1, 0.15) is 5.82 Å². The summed E-state index contributed by atoms with van der Waals surface area (Å²) in [5.74, 6) is -0.568. The van der Waals surface area contributed by atoms with Crippen molar-refractivity contribution in [2.75, 3.05) is 18.3 Å². The molecule has 0 heterocycles. The number of nitrogens with one attached hydrogen (secondary N) is 1. The van der Waals surface area contributed by atoms with Gasteiger partial charge in [0.2, 0.25) is 0 Å². The molecular weight excluding hydrogens is 355 g/mol. The Hall–Kier alpha value is -2.41. The molecule has 0 radical (unpaired) electrons. The van der Waals surface area contributed by atoms with E-state index in [0.717, 1.165) is 18.9 Å². The average Bonchev–Trinajstić information content (AvgIpc) is 2.61. The van der Waals surface area contributed by atoms with E-state index < -0.39 is 15.8 Å². The summed E-state index contributed by atoms with van der Waals surface area (Å²) in [5.41, 5.74) is 1.08. The molecule has 2 rings (SSSR count). The topological polar surface area (TPSA) is 66.5 Å². The van der Waals surface area contributed by atoms with E-state index in [1.54, 1.807) is 24.1 Å². The summed E-state index contributed by atoms with van der Waals surface area (Å²) in [6.07, 6.45) is 1.93. The van der Waals surface area contributed by atoms with E-state index >= 15 is 0 Å². The van der Waals surface area contributed by atoms with Crippen LogP contribution in [-0.2, 0) is 10.0 Å². The minimum atomic E-state index is -3.83. The van der Waals surface area contributed by atoms with Gasteiger partial charge >= 0.3 is 0 Å². The normalized spacial score (nSPS) is 11.2. The molecule has 0 aliphatic rings. The number of unbranched alkanes of at least 4 members (excludes halogenated alkanes) is 1. The first kappa shape index (κ1) is 19.9. The highest BCUT2D eigenvalue weighted by atomic mass is 32.2. The maximum Gasteiger partial charge on any atom is 0.261 e. The van der Waals surface area contributed by atoms with Crippen molar-refractivity contribution in [3.05, 3.63) is 59.4 Å². The van der Waals surface area contributed by atoms with Gasteiger partial charge in [0, 0.05) is 24.8 Å². The number of hydrogen-bond donors (Lipinski definition) is 1. The second-order valence-corrected chi connectivity index (χ2v) is 7.86. The van der Waals surface area contributed by atoms with Gasteiger partial charge in [-0.25, -0.2) is 12.8 Å². The summed E-state index contributed by atoms with van der Waals surface area (Å²) in [7, 11) is -2.08. The second-order valence-electron chi connectivity index (χ2n) is 6.17. The van der Waals surface area contributed by atoms with E-state index in [1.165, 1.54) is 31.2 Å². The number of carbonyl (C=O) groups is 1. The lowest BCUT2D eigenvalue weighted by atomic mass is 10.2. The molecule has 0 spiro atoms. The van der Waals surface area contributed by atoms with Crippen LogP contribution in [0, 0.1) is 12.7 Å². The monoisotopic (exact) mass is 378 g/mol. The molecule has 0 saturated heterocycles. The number of carbonyl (C=O) groups excluding carboxylic acids is 1. The summed E-state index contributed by atoms with van der Waals surface area (Å²) in [4.78, 5) is 13.9. The Bertz CT molecular complexity index is 880. The van der Waals surface area contributed by atoms with Crippen molar-refractivity contribution in [3.8, 4) is 0 Å². The average molecular weight is 378 g/mol. The molecular formula is C19H23FN2O3S. The van der Waals surface area contributed by atoms with Crippen molar-refractivity contribution in [3.63, 3.8) is 0 Å². The highest BCUT2D eigenvalue weighted by Crippen LogP contribution is 2.19. The van der Waals surface area contributed by atoms with Crippen LogP contribution in [0.3, 0.4) is 0 Å². The van der Waals surface area contributed by atoms with E-state index in [0.29, 0.717) is 17.8 Å². The minimum Gasteiger partial charge on any atom is -0.342 e. The van der Waals surface area contributed by atoms with E-state index in [2.05, 4.69) is 11.6 Å². The van der Waals surface area contributed by atoms with Gasteiger partial charge in [-0.05, 0) is 61.4 Å². The Morgan fingerprint density at radius 2 is 1.81 bits per heavy atom. The van der Waals surface area contributed by atoms with Crippen molar-refractivity contribution in [1.29, 1.82) is 0 Å². The molecule has 1 amide bonds. The van der Waals surface area contributed by atoms with Crippen LogP contribution in [0.4, 0.5) is 10.1 Å². The summed E-state index contributed by atoms with van der Waals surface area (Å²) >= 11 is 0. The fourth-order valence-corrected chi connectivity index (χ4v) is 3.54. The van der Waals surface area contributed by atoms with Gasteiger partial charge in [-0.1, -0.05) is 13.3 Å². The predicted molar refractivity (Wildman–Crippen MR) is 100 cm³/mol. The van der Waals surface area contributed by atoms with Crippen molar-refractivity contribution < 1.29 is 17.6 Å². The smallest absolute Gasteiger partial charge is 0.261 e. The number of sulfonamides is 1. The van der Waals surface area contributed by atoms with Crippen molar-refractivity contribution in [1.82, 2.24) is 4.90 Å². The lowest BCUT2D eigenvalue weighted by molar-refractivity contribution is 0.0793. The molecule has 0 saturated carbocycles. The third-order valence-electron chi connectivity index (χ3n) is 4.02. The molecule has 2 aromatic carbocycles. The molecule has 0 aliphatic carbocycles. The Labute approximate surface area is 153 Å². The predicted octanol–water partition coefficient (Wildman–Crippen LogP) is 3.81. The number of benzene rings is 2. The van der Waals surface area contributed by atoms with Crippen LogP contribution in [0.5, 0.6) is 0 Å². The summed E-state index contributed by atoms with van der Waals surface area (Å²) in [6, 6.07) is 9.85. The molecule has 0 fully saturated rings. The minimum absolute atomic E-state index is 0.0177. The van der Waals surface area contributed by atoms with Crippen molar-refractivity contribution >= 4 is 21.6 Å². The summed E-state index contributed by atoms with van der Waals surface area (Å²) < 4.78 is 40.6. The largest absolute Gasteiger partial charge is 0.342 e. The van der Waals surface area contributed by atoms with Gasteiger partial charge < -0.3 is 4.90 Å². The molecule has 7 heteroatoms. The first-order valence-corrected chi connectivity index (χ1v) is 9.87. The SMILES string of the molecule is CCCCN(C)C(=O)c1ccc(NS(=O)(=O)c2ccc(F)c(C)c2)cc1. The number of hydrogen-bond acceptors (Lipinski definition) is 3. The highest BCUT2D eigenvalue weighted by Gasteiger charge is 2.16. The molecule has 0 aliphatic heterocycles. The van der Waals surface area contributed by atoms with Crippen LogP contribution in [0.15, 0.2) is 47.4 Å². The summed E-state index contributed by atoms with van der Waals surface area (Å²) in [5, 5.41) is 0. The number of anilines is 1. The first-order chi connectivity index (χ1) is 12.2.